The zero-order chi connectivity index (χ0) is 9.84. The number of rotatable bonds is 2. The Balaban J connectivity index is 3.21. The zero-order valence-corrected chi connectivity index (χ0v) is 9.15. The highest BCUT2D eigenvalue weighted by Gasteiger charge is 2.02. The summed E-state index contributed by atoms with van der Waals surface area (Å²) < 4.78 is 0. The molecule has 1 aromatic rings. The van der Waals surface area contributed by atoms with Crippen LogP contribution in [0.15, 0.2) is 29.8 Å². The third kappa shape index (κ3) is 2.35. The van der Waals surface area contributed by atoms with Crippen molar-refractivity contribution in [3.8, 4) is 0 Å². The predicted octanol–water partition coefficient (Wildman–Crippen LogP) is 4.24. The van der Waals surface area contributed by atoms with E-state index in [0.717, 1.165) is 0 Å². The quantitative estimate of drug-likeness (QED) is 0.618. The minimum Gasteiger partial charge on any atom is -0.122 e. The minimum atomic E-state index is 0.584. The van der Waals surface area contributed by atoms with Gasteiger partial charge in [-0.05, 0) is 37.5 Å². The molecule has 0 unspecified atom stereocenters. The summed E-state index contributed by atoms with van der Waals surface area (Å²) in [6, 6.07) is 8.28. The van der Waals surface area contributed by atoms with Gasteiger partial charge >= 0.3 is 0 Å². The van der Waals surface area contributed by atoms with Crippen molar-refractivity contribution in [3.05, 3.63) is 41.0 Å². The maximum absolute atomic E-state index is 5.86. The molecule has 0 aliphatic rings. The first-order chi connectivity index (χ1) is 6.16. The van der Waals surface area contributed by atoms with Crippen LogP contribution in [0.3, 0.4) is 0 Å². The summed E-state index contributed by atoms with van der Waals surface area (Å²) in [5.41, 5.74) is 5.16. The van der Waals surface area contributed by atoms with Gasteiger partial charge in [-0.2, -0.15) is 0 Å². The number of hydrogen-bond donors (Lipinski definition) is 0. The van der Waals surface area contributed by atoms with Crippen LogP contribution < -0.4 is 0 Å². The predicted molar refractivity (Wildman–Crippen MR) is 59.9 cm³/mol. The molecule has 1 aromatic carbocycles. The Morgan fingerprint density at radius 3 is 2.31 bits per heavy atom. The van der Waals surface area contributed by atoms with E-state index in [4.69, 9.17) is 11.6 Å². The standard InChI is InChI=1S/C12H15Cl/c1-9(2)10(3)12-7-5-4-6-11(12)8-13/h4-7H,8H2,1-3H3. The van der Waals surface area contributed by atoms with Crippen LogP contribution in [0, 0.1) is 0 Å². The van der Waals surface area contributed by atoms with Crippen LogP contribution in [0.1, 0.15) is 31.9 Å². The van der Waals surface area contributed by atoms with E-state index < -0.39 is 0 Å². The molecule has 0 radical (unpaired) electrons. The van der Waals surface area contributed by atoms with Crippen LogP contribution in [0.5, 0.6) is 0 Å². The van der Waals surface area contributed by atoms with Gasteiger partial charge in [0.05, 0.1) is 0 Å². The summed E-state index contributed by atoms with van der Waals surface area (Å²) in [5.74, 6) is 0.584. The Bertz CT molecular complexity index is 320. The minimum absolute atomic E-state index is 0.584. The van der Waals surface area contributed by atoms with Crippen LogP contribution in [-0.2, 0) is 5.88 Å². The third-order valence-corrected chi connectivity index (χ3v) is 2.60. The number of benzene rings is 1. The molecule has 0 fully saturated rings. The first kappa shape index (κ1) is 10.3. The molecule has 0 aliphatic carbocycles. The fourth-order valence-corrected chi connectivity index (χ4v) is 1.51. The Morgan fingerprint density at radius 2 is 1.77 bits per heavy atom. The summed E-state index contributed by atoms with van der Waals surface area (Å²) in [6.07, 6.45) is 0. The maximum atomic E-state index is 5.86. The van der Waals surface area contributed by atoms with E-state index in [-0.39, 0.29) is 0 Å². The Morgan fingerprint density at radius 1 is 1.15 bits per heavy atom. The van der Waals surface area contributed by atoms with Gasteiger partial charge in [-0.1, -0.05) is 29.8 Å². The van der Waals surface area contributed by atoms with Crippen molar-refractivity contribution in [2.24, 2.45) is 0 Å². The second-order valence-corrected chi connectivity index (χ2v) is 3.68. The van der Waals surface area contributed by atoms with Crippen LogP contribution in [0.25, 0.3) is 5.57 Å². The maximum Gasteiger partial charge on any atom is 0.0480 e. The smallest absolute Gasteiger partial charge is 0.0480 e. The van der Waals surface area contributed by atoms with Crippen LogP contribution >= 0.6 is 11.6 Å². The number of alkyl halides is 1. The third-order valence-electron chi connectivity index (χ3n) is 2.32. The highest BCUT2D eigenvalue weighted by molar-refractivity contribution is 6.17. The Kier molecular flexibility index (Phi) is 3.56. The Hall–Kier alpha value is -0.750. The molecule has 0 nitrogen and oxygen atoms in total. The van der Waals surface area contributed by atoms with E-state index in [9.17, 15) is 0 Å². The van der Waals surface area contributed by atoms with Gasteiger partial charge in [0.15, 0.2) is 0 Å². The monoisotopic (exact) mass is 194 g/mol. The molecule has 0 saturated heterocycles. The highest BCUT2D eigenvalue weighted by atomic mass is 35.5. The zero-order valence-electron chi connectivity index (χ0n) is 8.39. The summed E-state index contributed by atoms with van der Waals surface area (Å²) >= 11 is 5.86. The molecule has 13 heavy (non-hydrogen) atoms. The van der Waals surface area contributed by atoms with Gasteiger partial charge in [0, 0.05) is 5.88 Å². The summed E-state index contributed by atoms with van der Waals surface area (Å²) in [5, 5.41) is 0. The molecule has 0 spiro atoms. The van der Waals surface area contributed by atoms with Gasteiger partial charge in [0.2, 0.25) is 0 Å². The molecule has 0 aromatic heterocycles. The lowest BCUT2D eigenvalue weighted by molar-refractivity contribution is 1.31. The van der Waals surface area contributed by atoms with E-state index in [1.165, 1.54) is 22.3 Å². The number of hydrogen-bond acceptors (Lipinski definition) is 0. The second-order valence-electron chi connectivity index (χ2n) is 3.42. The largest absolute Gasteiger partial charge is 0.122 e. The summed E-state index contributed by atoms with van der Waals surface area (Å²) in [7, 11) is 0. The van der Waals surface area contributed by atoms with Crippen LogP contribution in [0.4, 0.5) is 0 Å². The van der Waals surface area contributed by atoms with Gasteiger partial charge in [0.25, 0.3) is 0 Å². The van der Waals surface area contributed by atoms with Crippen molar-refractivity contribution in [3.63, 3.8) is 0 Å². The Labute approximate surface area is 85.2 Å². The molecule has 1 heteroatoms. The van der Waals surface area contributed by atoms with Crippen molar-refractivity contribution >= 4 is 17.2 Å². The number of halogens is 1. The number of allylic oxidation sites excluding steroid dienone is 2. The van der Waals surface area contributed by atoms with Crippen LogP contribution in [0.2, 0.25) is 0 Å². The lowest BCUT2D eigenvalue weighted by Crippen LogP contribution is -1.89. The van der Waals surface area contributed by atoms with Gasteiger partial charge < -0.3 is 0 Å². The van der Waals surface area contributed by atoms with E-state index in [1.807, 2.05) is 6.07 Å². The topological polar surface area (TPSA) is 0 Å². The first-order valence-electron chi connectivity index (χ1n) is 4.45. The molecule has 0 heterocycles. The molecule has 70 valence electrons. The summed E-state index contributed by atoms with van der Waals surface area (Å²) in [6.45, 7) is 6.39. The van der Waals surface area contributed by atoms with Gasteiger partial charge in [-0.25, -0.2) is 0 Å². The fourth-order valence-electron chi connectivity index (χ4n) is 1.27. The highest BCUT2D eigenvalue weighted by Crippen LogP contribution is 2.22. The van der Waals surface area contributed by atoms with Crippen molar-refractivity contribution < 1.29 is 0 Å². The van der Waals surface area contributed by atoms with Crippen molar-refractivity contribution in [1.82, 2.24) is 0 Å². The fraction of sp³-hybridized carbons (Fsp3) is 0.333. The molecule has 0 aliphatic heterocycles. The molecular weight excluding hydrogens is 180 g/mol. The summed E-state index contributed by atoms with van der Waals surface area (Å²) in [4.78, 5) is 0. The first-order valence-corrected chi connectivity index (χ1v) is 4.98. The SMILES string of the molecule is CC(C)=C(C)c1ccccc1CCl. The van der Waals surface area contributed by atoms with Crippen LogP contribution in [-0.4, -0.2) is 0 Å². The van der Waals surface area contributed by atoms with E-state index in [0.29, 0.717) is 5.88 Å². The van der Waals surface area contributed by atoms with Crippen molar-refractivity contribution in [2.75, 3.05) is 0 Å². The lowest BCUT2D eigenvalue weighted by atomic mass is 9.99. The molecular formula is C12H15Cl. The van der Waals surface area contributed by atoms with Gasteiger partial charge in [0.1, 0.15) is 0 Å². The molecule has 0 atom stereocenters. The average molecular weight is 195 g/mol. The van der Waals surface area contributed by atoms with E-state index >= 15 is 0 Å². The lowest BCUT2D eigenvalue weighted by Gasteiger charge is -2.08. The van der Waals surface area contributed by atoms with Crippen molar-refractivity contribution in [2.45, 2.75) is 26.7 Å². The molecule has 0 N–H and O–H groups in total. The second kappa shape index (κ2) is 4.48. The molecule has 0 amide bonds. The molecule has 0 saturated carbocycles. The normalized spacial score (nSPS) is 9.85. The van der Waals surface area contributed by atoms with E-state index in [1.54, 1.807) is 0 Å². The van der Waals surface area contributed by atoms with Gasteiger partial charge in [-0.15, -0.1) is 11.6 Å². The van der Waals surface area contributed by atoms with Gasteiger partial charge in [-0.3, -0.25) is 0 Å². The molecule has 0 bridgehead atoms. The van der Waals surface area contributed by atoms with Crippen molar-refractivity contribution in [1.29, 1.82) is 0 Å². The molecule has 1 rings (SSSR count). The average Bonchev–Trinajstić information content (AvgIpc) is 2.16. The van der Waals surface area contributed by atoms with E-state index in [2.05, 4.69) is 39.0 Å².